The Morgan fingerprint density at radius 2 is 1.85 bits per heavy atom. The molecule has 0 aromatic rings. The standard InChI is InChI=1S/C11H18O2/c1-10(2)5-6-11(3,8-13)9(10)4-7-12/h7-9H,4-6H2,1-3H3. The van der Waals surface area contributed by atoms with Gasteiger partial charge in [-0.15, -0.1) is 0 Å². The van der Waals surface area contributed by atoms with Crippen LogP contribution in [0.25, 0.3) is 0 Å². The first kappa shape index (κ1) is 10.4. The molecule has 2 nitrogen and oxygen atoms in total. The topological polar surface area (TPSA) is 34.1 Å². The van der Waals surface area contributed by atoms with E-state index < -0.39 is 0 Å². The molecule has 0 aliphatic heterocycles. The largest absolute Gasteiger partial charge is 0.303 e. The Hall–Kier alpha value is -0.660. The summed E-state index contributed by atoms with van der Waals surface area (Å²) in [5.41, 5.74) is -0.138. The van der Waals surface area contributed by atoms with Crippen molar-refractivity contribution in [2.24, 2.45) is 16.7 Å². The Labute approximate surface area is 79.7 Å². The van der Waals surface area contributed by atoms with Gasteiger partial charge in [-0.05, 0) is 24.2 Å². The van der Waals surface area contributed by atoms with Crippen LogP contribution in [0, 0.1) is 16.7 Å². The van der Waals surface area contributed by atoms with Crippen molar-refractivity contribution in [1.29, 1.82) is 0 Å². The minimum Gasteiger partial charge on any atom is -0.303 e. The van der Waals surface area contributed by atoms with Crippen LogP contribution < -0.4 is 0 Å². The molecule has 0 bridgehead atoms. The number of aldehydes is 2. The predicted molar refractivity (Wildman–Crippen MR) is 51.4 cm³/mol. The number of hydrogen-bond acceptors (Lipinski definition) is 2. The Balaban J connectivity index is 2.91. The number of carbonyl (C=O) groups excluding carboxylic acids is 2. The van der Waals surface area contributed by atoms with E-state index in [2.05, 4.69) is 13.8 Å². The van der Waals surface area contributed by atoms with E-state index in [0.717, 1.165) is 25.4 Å². The molecule has 2 atom stereocenters. The number of carbonyl (C=O) groups is 2. The van der Waals surface area contributed by atoms with Crippen LogP contribution in [-0.4, -0.2) is 12.6 Å². The summed E-state index contributed by atoms with van der Waals surface area (Å²) in [6, 6.07) is 0. The third-order valence-electron chi connectivity index (χ3n) is 3.65. The highest BCUT2D eigenvalue weighted by Crippen LogP contribution is 2.53. The molecular weight excluding hydrogens is 164 g/mol. The van der Waals surface area contributed by atoms with Gasteiger partial charge in [0.2, 0.25) is 0 Å². The van der Waals surface area contributed by atoms with Crippen LogP contribution in [0.5, 0.6) is 0 Å². The SMILES string of the molecule is CC1(C)CCC(C)(C=O)C1CC=O. The van der Waals surface area contributed by atoms with Crippen molar-refractivity contribution < 1.29 is 9.59 Å². The average molecular weight is 182 g/mol. The lowest BCUT2D eigenvalue weighted by molar-refractivity contribution is -0.119. The fourth-order valence-electron chi connectivity index (χ4n) is 2.66. The van der Waals surface area contributed by atoms with Gasteiger partial charge in [0.05, 0.1) is 0 Å². The third kappa shape index (κ3) is 1.67. The van der Waals surface area contributed by atoms with E-state index in [1.165, 1.54) is 0 Å². The van der Waals surface area contributed by atoms with Crippen molar-refractivity contribution in [2.45, 2.75) is 40.0 Å². The second-order valence-corrected chi connectivity index (χ2v) is 5.07. The van der Waals surface area contributed by atoms with Crippen LogP contribution in [0.15, 0.2) is 0 Å². The number of rotatable bonds is 3. The second-order valence-electron chi connectivity index (χ2n) is 5.07. The van der Waals surface area contributed by atoms with Crippen molar-refractivity contribution in [2.75, 3.05) is 0 Å². The maximum absolute atomic E-state index is 11.0. The monoisotopic (exact) mass is 182 g/mol. The van der Waals surface area contributed by atoms with Crippen LogP contribution in [0.3, 0.4) is 0 Å². The Morgan fingerprint density at radius 3 is 2.31 bits per heavy atom. The average Bonchev–Trinajstić information content (AvgIpc) is 2.31. The summed E-state index contributed by atoms with van der Waals surface area (Å²) in [6.45, 7) is 6.27. The van der Waals surface area contributed by atoms with Gasteiger partial charge in [-0.1, -0.05) is 20.8 Å². The first-order valence-electron chi connectivity index (χ1n) is 4.86. The van der Waals surface area contributed by atoms with E-state index in [1.54, 1.807) is 0 Å². The molecule has 2 heteroatoms. The smallest absolute Gasteiger partial charge is 0.126 e. The lowest BCUT2D eigenvalue weighted by Gasteiger charge is -2.32. The molecule has 1 saturated carbocycles. The van der Waals surface area contributed by atoms with Crippen molar-refractivity contribution in [3.8, 4) is 0 Å². The molecule has 1 fully saturated rings. The van der Waals surface area contributed by atoms with Crippen molar-refractivity contribution >= 4 is 12.6 Å². The molecule has 1 rings (SSSR count). The first-order chi connectivity index (χ1) is 5.96. The highest BCUT2D eigenvalue weighted by Gasteiger charge is 2.49. The summed E-state index contributed by atoms with van der Waals surface area (Å²) in [6.07, 6.45) is 4.46. The zero-order chi connectivity index (χ0) is 10.1. The molecule has 0 amide bonds. The fraction of sp³-hybridized carbons (Fsp3) is 0.818. The normalized spacial score (nSPS) is 37.3. The van der Waals surface area contributed by atoms with Gasteiger partial charge in [-0.25, -0.2) is 0 Å². The van der Waals surface area contributed by atoms with E-state index in [9.17, 15) is 9.59 Å². The minimum absolute atomic E-state index is 0.135. The highest BCUT2D eigenvalue weighted by molar-refractivity contribution is 5.62. The predicted octanol–water partition coefficient (Wildman–Crippen LogP) is 2.22. The molecule has 1 aliphatic carbocycles. The molecule has 1 aliphatic rings. The Bertz CT molecular complexity index is 220. The van der Waals surface area contributed by atoms with Gasteiger partial charge in [0.1, 0.15) is 12.6 Å². The summed E-state index contributed by atoms with van der Waals surface area (Å²) in [4.78, 5) is 21.5. The van der Waals surface area contributed by atoms with Gasteiger partial charge < -0.3 is 9.59 Å². The van der Waals surface area contributed by atoms with Gasteiger partial charge in [0.25, 0.3) is 0 Å². The highest BCUT2D eigenvalue weighted by atomic mass is 16.1. The quantitative estimate of drug-likeness (QED) is 0.627. The van der Waals surface area contributed by atoms with Crippen LogP contribution >= 0.6 is 0 Å². The Kier molecular flexibility index (Phi) is 2.60. The molecule has 0 radical (unpaired) electrons. The van der Waals surface area contributed by atoms with Gasteiger partial charge >= 0.3 is 0 Å². The Morgan fingerprint density at radius 1 is 1.23 bits per heavy atom. The van der Waals surface area contributed by atoms with Crippen LogP contribution in [-0.2, 0) is 9.59 Å². The molecule has 0 N–H and O–H groups in total. The van der Waals surface area contributed by atoms with Crippen LogP contribution in [0.1, 0.15) is 40.0 Å². The molecule has 0 aromatic heterocycles. The van der Waals surface area contributed by atoms with Gasteiger partial charge in [0.15, 0.2) is 0 Å². The summed E-state index contributed by atoms with van der Waals surface area (Å²) in [5.74, 6) is 0.218. The second kappa shape index (κ2) is 3.24. The lowest BCUT2D eigenvalue weighted by atomic mass is 9.71. The van der Waals surface area contributed by atoms with Crippen LogP contribution in [0.4, 0.5) is 0 Å². The molecule has 0 aromatic carbocycles. The van der Waals surface area contributed by atoms with Gasteiger partial charge in [0, 0.05) is 11.8 Å². The van der Waals surface area contributed by atoms with Crippen molar-refractivity contribution in [3.05, 3.63) is 0 Å². The zero-order valence-electron chi connectivity index (χ0n) is 8.67. The molecule has 74 valence electrons. The molecule has 0 saturated heterocycles. The maximum Gasteiger partial charge on any atom is 0.126 e. The van der Waals surface area contributed by atoms with E-state index in [1.807, 2.05) is 6.92 Å². The molecule has 2 unspecified atom stereocenters. The first-order valence-corrected chi connectivity index (χ1v) is 4.86. The summed E-state index contributed by atoms with van der Waals surface area (Å²) >= 11 is 0. The van der Waals surface area contributed by atoms with E-state index >= 15 is 0 Å². The van der Waals surface area contributed by atoms with Gasteiger partial charge in [-0.2, -0.15) is 0 Å². The lowest BCUT2D eigenvalue weighted by Crippen LogP contribution is -2.31. The third-order valence-corrected chi connectivity index (χ3v) is 3.65. The van der Waals surface area contributed by atoms with Crippen molar-refractivity contribution in [1.82, 2.24) is 0 Å². The fourth-order valence-corrected chi connectivity index (χ4v) is 2.66. The summed E-state index contributed by atoms with van der Waals surface area (Å²) in [5, 5.41) is 0. The van der Waals surface area contributed by atoms with Crippen molar-refractivity contribution in [3.63, 3.8) is 0 Å². The molecule has 13 heavy (non-hydrogen) atoms. The van der Waals surface area contributed by atoms with E-state index in [-0.39, 0.29) is 16.7 Å². The summed E-state index contributed by atoms with van der Waals surface area (Å²) in [7, 11) is 0. The molecule has 0 heterocycles. The van der Waals surface area contributed by atoms with E-state index in [4.69, 9.17) is 0 Å². The number of hydrogen-bond donors (Lipinski definition) is 0. The maximum atomic E-state index is 11.0. The van der Waals surface area contributed by atoms with E-state index in [0.29, 0.717) is 6.42 Å². The molecular formula is C11H18O2. The summed E-state index contributed by atoms with van der Waals surface area (Å²) < 4.78 is 0. The zero-order valence-corrected chi connectivity index (χ0v) is 8.67. The van der Waals surface area contributed by atoms with Crippen LogP contribution in [0.2, 0.25) is 0 Å². The molecule has 0 spiro atoms. The minimum atomic E-state index is -0.273. The van der Waals surface area contributed by atoms with Gasteiger partial charge in [-0.3, -0.25) is 0 Å².